The Bertz CT molecular complexity index is 114. The van der Waals surface area contributed by atoms with Crippen LogP contribution in [0, 0.1) is 16.7 Å². The van der Waals surface area contributed by atoms with Gasteiger partial charge in [0, 0.05) is 6.54 Å². The summed E-state index contributed by atoms with van der Waals surface area (Å²) in [5, 5.41) is 9.42. The van der Waals surface area contributed by atoms with Crippen LogP contribution in [0.3, 0.4) is 0 Å². The quantitative estimate of drug-likeness (QED) is 0.138. The summed E-state index contributed by atoms with van der Waals surface area (Å²) in [6.45, 7) is 0.250. The van der Waals surface area contributed by atoms with Gasteiger partial charge in [0.2, 0.25) is 5.97 Å². The Morgan fingerprint density at radius 3 is 2.33 bits per heavy atom. The molecule has 0 saturated carbocycles. The molecule has 0 aromatic rings. The van der Waals surface area contributed by atoms with E-state index in [9.17, 15) is 14.9 Å². The number of hydrogen-bond donors (Lipinski definition) is 0. The smallest absolute Gasteiger partial charge is 0.487 e. The first-order valence-electron chi connectivity index (χ1n) is 1.73. The van der Waals surface area contributed by atoms with Gasteiger partial charge < -0.3 is 4.74 Å². The molecule has 0 aliphatic heterocycles. The van der Waals surface area contributed by atoms with E-state index in [0.717, 1.165) is 7.11 Å². The van der Waals surface area contributed by atoms with Crippen molar-refractivity contribution in [2.24, 2.45) is 0 Å². The molecule has 0 aliphatic carbocycles. The number of hydrogen-bond acceptors (Lipinski definition) is 4. The van der Waals surface area contributed by atoms with Crippen LogP contribution in [0.4, 0.5) is 0 Å². The van der Waals surface area contributed by atoms with Gasteiger partial charge in [-0.15, -0.1) is 4.92 Å². The molecule has 0 aromatic heterocycles. The van der Waals surface area contributed by atoms with Crippen LogP contribution in [0.1, 0.15) is 0 Å². The average molecular weight is 157 g/mol. The van der Waals surface area contributed by atoms with E-state index in [-0.39, 0.29) is 57.9 Å². The molecule has 0 saturated heterocycles. The summed E-state index contributed by atoms with van der Waals surface area (Å²) in [6, 6.07) is 0. The second kappa shape index (κ2) is 6.50. The summed E-state index contributed by atoms with van der Waals surface area (Å²) in [5.41, 5.74) is 0. The summed E-state index contributed by atoms with van der Waals surface area (Å²) in [6.07, 6.45) is 0. The molecule has 46 valence electrons. The zero-order valence-electron chi connectivity index (χ0n) is 5.16. The molecule has 5 nitrogen and oxygen atoms in total. The van der Waals surface area contributed by atoms with Gasteiger partial charge in [-0.05, 0) is 0 Å². The molecule has 0 radical (unpaired) electrons. The number of rotatable bonds is 2. The maximum Gasteiger partial charge on any atom is 1.00 e. The summed E-state index contributed by atoms with van der Waals surface area (Å²) in [4.78, 5) is 18.5. The van der Waals surface area contributed by atoms with Crippen molar-refractivity contribution < 1.29 is 65.8 Å². The Labute approximate surface area is 94.3 Å². The van der Waals surface area contributed by atoms with Crippen molar-refractivity contribution >= 4 is 5.97 Å². The predicted octanol–water partition coefficient (Wildman–Crippen LogP) is -3.40. The van der Waals surface area contributed by atoms with Crippen molar-refractivity contribution in [1.29, 1.82) is 0 Å². The van der Waals surface area contributed by atoms with Gasteiger partial charge in [-0.3, -0.25) is 14.9 Å². The third kappa shape index (κ3) is 8.38. The van der Waals surface area contributed by atoms with Crippen LogP contribution in [0.15, 0.2) is 0 Å². The number of carbonyl (C=O) groups is 1. The van der Waals surface area contributed by atoms with Crippen LogP contribution in [0.5, 0.6) is 0 Å². The molecule has 9 heavy (non-hydrogen) atoms. The van der Waals surface area contributed by atoms with E-state index in [0.29, 0.717) is 0 Å². The molecule has 6 heteroatoms. The van der Waals surface area contributed by atoms with Gasteiger partial charge in [0.1, 0.15) is 0 Å². The van der Waals surface area contributed by atoms with Crippen LogP contribution in [0.25, 0.3) is 0 Å². The number of nitrogens with zero attached hydrogens (tertiary/aromatic N) is 1. The molecule has 0 amide bonds. The number of esters is 1. The topological polar surface area (TPSA) is 69.4 Å². The van der Waals surface area contributed by atoms with Gasteiger partial charge >= 0.3 is 51.4 Å². The van der Waals surface area contributed by atoms with Crippen LogP contribution in [-0.4, -0.2) is 18.0 Å². The summed E-state index contributed by atoms with van der Waals surface area (Å²) < 4.78 is 3.92. The van der Waals surface area contributed by atoms with Crippen LogP contribution >= 0.6 is 0 Å². The minimum absolute atomic E-state index is 0. The summed E-state index contributed by atoms with van der Waals surface area (Å²) >= 11 is 0. The second-order valence-electron chi connectivity index (χ2n) is 0.938. The van der Waals surface area contributed by atoms with Crippen molar-refractivity contribution in [3.05, 3.63) is 16.7 Å². The third-order valence-electron chi connectivity index (χ3n) is 0.412. The van der Waals surface area contributed by atoms with Crippen molar-refractivity contribution in [3.63, 3.8) is 0 Å². The molecule has 0 unspecified atom stereocenters. The average Bonchev–Trinajstić information content (AvgIpc) is 1.65. The largest absolute Gasteiger partial charge is 1.00 e. The monoisotopic (exact) mass is 157 g/mol. The molecule has 0 heterocycles. The van der Waals surface area contributed by atoms with E-state index in [1.165, 1.54) is 0 Å². The molecule has 0 bridgehead atoms. The molecular weight excluding hydrogens is 153 g/mol. The normalized spacial score (nSPS) is 6.78. The van der Waals surface area contributed by atoms with Crippen molar-refractivity contribution in [3.8, 4) is 0 Å². The van der Waals surface area contributed by atoms with E-state index in [4.69, 9.17) is 0 Å². The zero-order valence-corrected chi connectivity index (χ0v) is 8.28. The van der Waals surface area contributed by atoms with Gasteiger partial charge in [0.25, 0.3) is 0 Å². The number of carbonyl (C=O) groups excluding carboxylic acids is 1. The second-order valence-corrected chi connectivity index (χ2v) is 0.938. The first-order valence-corrected chi connectivity index (χ1v) is 1.73. The number of methoxy groups -OCH3 is 1. The molecule has 0 fully saturated rings. The Balaban J connectivity index is 0. The van der Waals surface area contributed by atoms with Gasteiger partial charge in [0.05, 0.1) is 7.11 Å². The maximum absolute atomic E-state index is 9.90. The van der Waals surface area contributed by atoms with E-state index in [1.54, 1.807) is 0 Å². The summed E-state index contributed by atoms with van der Waals surface area (Å²) in [5.74, 6) is -0.949. The molecule has 0 atom stereocenters. The van der Waals surface area contributed by atoms with Crippen molar-refractivity contribution in [1.82, 2.24) is 0 Å². The van der Waals surface area contributed by atoms with E-state index >= 15 is 0 Å². The first-order chi connectivity index (χ1) is 3.66. The van der Waals surface area contributed by atoms with Gasteiger partial charge in [-0.25, -0.2) is 0 Å². The Hall–Kier alpha value is 0.376. The van der Waals surface area contributed by atoms with Gasteiger partial charge in [-0.1, -0.05) is 0 Å². The molecular formula is C3H4KNO4. The molecule has 0 aromatic carbocycles. The third-order valence-corrected chi connectivity index (χ3v) is 0.412. The Morgan fingerprint density at radius 1 is 1.78 bits per heavy atom. The first kappa shape index (κ1) is 12.1. The van der Waals surface area contributed by atoms with E-state index < -0.39 is 10.9 Å². The van der Waals surface area contributed by atoms with Crippen LogP contribution in [-0.2, 0) is 9.53 Å². The Morgan fingerprint density at radius 2 is 2.22 bits per heavy atom. The molecule has 0 N–H and O–H groups in total. The van der Waals surface area contributed by atoms with Crippen molar-refractivity contribution in [2.75, 3.05) is 7.11 Å². The minimum atomic E-state index is -0.949. The Kier molecular flexibility index (Phi) is 8.73. The molecule has 0 aliphatic rings. The number of nitro groups is 1. The van der Waals surface area contributed by atoms with Crippen molar-refractivity contribution in [2.45, 2.75) is 0 Å². The standard InChI is InChI=1S/C3H4NO4.K/c1-8-3(5)2-4(6)7;/h2H,1H3;/q-1;+1. The minimum Gasteiger partial charge on any atom is -0.487 e. The van der Waals surface area contributed by atoms with Crippen LogP contribution < -0.4 is 51.4 Å². The summed E-state index contributed by atoms with van der Waals surface area (Å²) in [7, 11) is 1.07. The fraction of sp³-hybridized carbons (Fsp3) is 0.333. The van der Waals surface area contributed by atoms with E-state index in [1.807, 2.05) is 0 Å². The zero-order chi connectivity index (χ0) is 6.57. The van der Waals surface area contributed by atoms with Gasteiger partial charge in [-0.2, -0.15) is 0 Å². The van der Waals surface area contributed by atoms with E-state index in [2.05, 4.69) is 4.74 Å². The fourth-order valence-corrected chi connectivity index (χ4v) is 0.139. The fourth-order valence-electron chi connectivity index (χ4n) is 0.139. The molecule has 0 spiro atoms. The molecule has 0 rings (SSSR count). The van der Waals surface area contributed by atoms with Gasteiger partial charge in [0.15, 0.2) is 0 Å². The predicted molar refractivity (Wildman–Crippen MR) is 23.3 cm³/mol. The maximum atomic E-state index is 9.90. The SMILES string of the molecule is COC(=O)[CH-][N+](=O)[O-].[K+]. The van der Waals surface area contributed by atoms with Crippen LogP contribution in [0.2, 0.25) is 0 Å². The number of ether oxygens (including phenoxy) is 1.